The lowest BCUT2D eigenvalue weighted by molar-refractivity contribution is 0.909. The summed E-state index contributed by atoms with van der Waals surface area (Å²) in [6.45, 7) is 0.714. The zero-order valence-electron chi connectivity index (χ0n) is 9.06. The summed E-state index contributed by atoms with van der Waals surface area (Å²) in [4.78, 5) is 13.1. The smallest absolute Gasteiger partial charge is 0.135 e. The third kappa shape index (κ3) is 2.81. The van der Waals surface area contributed by atoms with Crippen molar-refractivity contribution in [2.24, 2.45) is 0 Å². The Balaban J connectivity index is 1.73. The van der Waals surface area contributed by atoms with Crippen LogP contribution in [0.25, 0.3) is 0 Å². The van der Waals surface area contributed by atoms with Crippen LogP contribution < -0.4 is 5.32 Å². The van der Waals surface area contributed by atoms with Crippen molar-refractivity contribution in [3.63, 3.8) is 0 Å². The van der Waals surface area contributed by atoms with Gasteiger partial charge in [0.15, 0.2) is 0 Å². The van der Waals surface area contributed by atoms with Crippen molar-refractivity contribution in [2.75, 3.05) is 5.32 Å². The third-order valence-corrected chi connectivity index (χ3v) is 3.74. The van der Waals surface area contributed by atoms with Crippen LogP contribution in [0.2, 0.25) is 0 Å². The predicted molar refractivity (Wildman–Crippen MR) is 71.1 cm³/mol. The van der Waals surface area contributed by atoms with Crippen molar-refractivity contribution in [3.05, 3.63) is 33.1 Å². The average Bonchev–Trinajstić information content (AvgIpc) is 3.04. The summed E-state index contributed by atoms with van der Waals surface area (Å²) in [7, 11) is 0. The number of nitrogens with one attached hydrogen (secondary N) is 1. The topological polar surface area (TPSA) is 50.7 Å². The van der Waals surface area contributed by atoms with E-state index in [1.54, 1.807) is 11.3 Å². The molecule has 0 bridgehead atoms. The Bertz CT molecular complexity index is 510. The van der Waals surface area contributed by atoms with Gasteiger partial charge in [0.2, 0.25) is 0 Å². The van der Waals surface area contributed by atoms with E-state index < -0.39 is 0 Å². The van der Waals surface area contributed by atoms with E-state index in [2.05, 4.69) is 36.2 Å². The van der Waals surface area contributed by atoms with Crippen molar-refractivity contribution in [1.29, 1.82) is 0 Å². The molecule has 0 aliphatic heterocycles. The van der Waals surface area contributed by atoms with E-state index in [1.807, 2.05) is 17.6 Å². The van der Waals surface area contributed by atoms with Gasteiger partial charge in [0, 0.05) is 23.6 Å². The first-order valence-corrected chi connectivity index (χ1v) is 7.15. The number of halogens is 1. The van der Waals surface area contributed by atoms with E-state index in [9.17, 15) is 0 Å². The minimum Gasteiger partial charge on any atom is -0.363 e. The fourth-order valence-electron chi connectivity index (χ4n) is 1.56. The highest BCUT2D eigenvalue weighted by molar-refractivity contribution is 9.10. The molecule has 6 heteroatoms. The molecule has 0 saturated heterocycles. The van der Waals surface area contributed by atoms with Gasteiger partial charge >= 0.3 is 0 Å². The fourth-order valence-corrected chi connectivity index (χ4v) is 2.51. The SMILES string of the molecule is Brc1cc(NCc2nccs2)nc(C2CC2)n1. The van der Waals surface area contributed by atoms with Gasteiger partial charge in [-0.25, -0.2) is 15.0 Å². The lowest BCUT2D eigenvalue weighted by Crippen LogP contribution is -2.04. The van der Waals surface area contributed by atoms with E-state index in [-0.39, 0.29) is 0 Å². The molecule has 1 aliphatic carbocycles. The second-order valence-corrected chi connectivity index (χ2v) is 5.78. The summed E-state index contributed by atoms with van der Waals surface area (Å²) in [6.07, 6.45) is 4.23. The van der Waals surface area contributed by atoms with Gasteiger partial charge in [-0.2, -0.15) is 0 Å². The molecule has 1 saturated carbocycles. The molecule has 4 nitrogen and oxygen atoms in total. The molecule has 0 atom stereocenters. The highest BCUT2D eigenvalue weighted by Crippen LogP contribution is 2.38. The summed E-state index contributed by atoms with van der Waals surface area (Å²) in [5, 5.41) is 6.32. The van der Waals surface area contributed by atoms with Crippen LogP contribution in [0.1, 0.15) is 29.6 Å². The first kappa shape index (κ1) is 11.1. The van der Waals surface area contributed by atoms with Gasteiger partial charge in [-0.3, -0.25) is 0 Å². The molecule has 88 valence electrons. The number of rotatable bonds is 4. The van der Waals surface area contributed by atoms with Crippen LogP contribution in [0, 0.1) is 0 Å². The van der Waals surface area contributed by atoms with Crippen LogP contribution in [-0.2, 0) is 6.54 Å². The first-order valence-electron chi connectivity index (χ1n) is 5.48. The van der Waals surface area contributed by atoms with Gasteiger partial charge < -0.3 is 5.32 Å². The van der Waals surface area contributed by atoms with Gasteiger partial charge in [0.1, 0.15) is 21.3 Å². The second kappa shape index (κ2) is 4.70. The maximum atomic E-state index is 4.52. The molecule has 1 fully saturated rings. The van der Waals surface area contributed by atoms with Crippen molar-refractivity contribution >= 4 is 33.1 Å². The summed E-state index contributed by atoms with van der Waals surface area (Å²) >= 11 is 5.06. The van der Waals surface area contributed by atoms with E-state index in [1.165, 1.54) is 12.8 Å². The largest absolute Gasteiger partial charge is 0.363 e. The van der Waals surface area contributed by atoms with Gasteiger partial charge in [-0.15, -0.1) is 11.3 Å². The predicted octanol–water partition coefficient (Wildman–Crippen LogP) is 3.19. The minimum absolute atomic E-state index is 0.563. The molecule has 0 radical (unpaired) electrons. The van der Waals surface area contributed by atoms with Crippen LogP contribution in [0.4, 0.5) is 5.82 Å². The molecular formula is C11H11BrN4S. The summed E-state index contributed by atoms with van der Waals surface area (Å²) in [5.74, 6) is 2.37. The molecule has 2 aromatic heterocycles. The minimum atomic E-state index is 0.563. The Morgan fingerprint density at radius 3 is 3.00 bits per heavy atom. The summed E-state index contributed by atoms with van der Waals surface area (Å²) in [5.41, 5.74) is 0. The molecular weight excluding hydrogens is 300 g/mol. The Morgan fingerprint density at radius 1 is 1.41 bits per heavy atom. The maximum Gasteiger partial charge on any atom is 0.135 e. The van der Waals surface area contributed by atoms with Gasteiger partial charge in [-0.1, -0.05) is 0 Å². The molecule has 0 aromatic carbocycles. The average molecular weight is 311 g/mol. The Labute approximate surface area is 112 Å². The second-order valence-electron chi connectivity index (χ2n) is 3.99. The maximum absolute atomic E-state index is 4.52. The number of hydrogen-bond donors (Lipinski definition) is 1. The highest BCUT2D eigenvalue weighted by Gasteiger charge is 2.27. The van der Waals surface area contributed by atoms with Crippen LogP contribution in [0.3, 0.4) is 0 Å². The zero-order chi connectivity index (χ0) is 11.7. The Kier molecular flexibility index (Phi) is 3.07. The van der Waals surface area contributed by atoms with Crippen molar-refractivity contribution in [2.45, 2.75) is 25.3 Å². The molecule has 0 unspecified atom stereocenters. The van der Waals surface area contributed by atoms with Gasteiger partial charge in [-0.05, 0) is 28.8 Å². The van der Waals surface area contributed by atoms with Gasteiger partial charge in [0.25, 0.3) is 0 Å². The van der Waals surface area contributed by atoms with E-state index in [4.69, 9.17) is 0 Å². The quantitative estimate of drug-likeness (QED) is 0.881. The first-order chi connectivity index (χ1) is 8.31. The summed E-state index contributed by atoms with van der Waals surface area (Å²) < 4.78 is 0.844. The highest BCUT2D eigenvalue weighted by atomic mass is 79.9. The molecule has 0 amide bonds. The number of hydrogen-bond acceptors (Lipinski definition) is 5. The lowest BCUT2D eigenvalue weighted by atomic mass is 10.4. The van der Waals surface area contributed by atoms with Crippen molar-refractivity contribution < 1.29 is 0 Å². The van der Waals surface area contributed by atoms with Crippen LogP contribution in [-0.4, -0.2) is 15.0 Å². The summed E-state index contributed by atoms with van der Waals surface area (Å²) in [6, 6.07) is 1.90. The molecule has 17 heavy (non-hydrogen) atoms. The number of aromatic nitrogens is 3. The fraction of sp³-hybridized carbons (Fsp3) is 0.364. The molecule has 1 N–H and O–H groups in total. The zero-order valence-corrected chi connectivity index (χ0v) is 11.5. The Hall–Kier alpha value is -1.01. The van der Waals surface area contributed by atoms with Crippen molar-refractivity contribution in [3.8, 4) is 0 Å². The van der Waals surface area contributed by atoms with Crippen molar-refractivity contribution in [1.82, 2.24) is 15.0 Å². The van der Waals surface area contributed by atoms with E-state index >= 15 is 0 Å². The molecule has 1 aliphatic rings. The molecule has 2 heterocycles. The number of thiazole rings is 1. The standard InChI is InChI=1S/C11H11BrN4S/c12-8-5-9(14-6-10-13-3-4-17-10)16-11(15-8)7-1-2-7/h3-5,7H,1-2,6H2,(H,14,15,16). The van der Waals surface area contributed by atoms with Crippen LogP contribution >= 0.6 is 27.3 Å². The lowest BCUT2D eigenvalue weighted by Gasteiger charge is -2.06. The normalized spacial score (nSPS) is 14.9. The number of anilines is 1. The molecule has 2 aromatic rings. The van der Waals surface area contributed by atoms with Gasteiger partial charge in [0.05, 0.1) is 6.54 Å². The van der Waals surface area contributed by atoms with E-state index in [0.717, 1.165) is 21.3 Å². The molecule has 0 spiro atoms. The Morgan fingerprint density at radius 2 is 2.29 bits per heavy atom. The third-order valence-electron chi connectivity index (χ3n) is 2.56. The monoisotopic (exact) mass is 310 g/mol. The van der Waals surface area contributed by atoms with Crippen LogP contribution in [0.15, 0.2) is 22.2 Å². The van der Waals surface area contributed by atoms with Crippen LogP contribution in [0.5, 0.6) is 0 Å². The van der Waals surface area contributed by atoms with E-state index in [0.29, 0.717) is 12.5 Å². The molecule has 3 rings (SSSR count). The number of nitrogens with zero attached hydrogens (tertiary/aromatic N) is 3.